The van der Waals surface area contributed by atoms with Crippen molar-refractivity contribution in [1.29, 1.82) is 5.41 Å². The lowest BCUT2D eigenvalue weighted by Crippen LogP contribution is -2.46. The number of carbonyl (C=O) groups is 3. The number of amides is 1. The Morgan fingerprint density at radius 3 is 2.31 bits per heavy atom. The number of fused-ring (bicyclic) bond motifs is 1. The molecule has 9 nitrogen and oxygen atoms in total. The van der Waals surface area contributed by atoms with Gasteiger partial charge in [0.1, 0.15) is 17.5 Å². The molecule has 2 aromatic carbocycles. The van der Waals surface area contributed by atoms with Crippen LogP contribution in [0.1, 0.15) is 54.8 Å². The van der Waals surface area contributed by atoms with E-state index in [-0.39, 0.29) is 23.8 Å². The molecule has 9 heteroatoms. The molecule has 0 bridgehead atoms. The maximum Gasteiger partial charge on any atom is 0.326 e. The molecule has 0 saturated heterocycles. The zero-order valence-electron chi connectivity index (χ0n) is 19.5. The van der Waals surface area contributed by atoms with Crippen molar-refractivity contribution in [2.45, 2.75) is 57.0 Å². The van der Waals surface area contributed by atoms with Gasteiger partial charge in [0.05, 0.1) is 17.6 Å². The number of rotatable bonds is 13. The van der Waals surface area contributed by atoms with Crippen LogP contribution in [0, 0.1) is 5.41 Å². The lowest BCUT2D eigenvalue weighted by Gasteiger charge is -2.16. The van der Waals surface area contributed by atoms with Gasteiger partial charge in [-0.2, -0.15) is 0 Å². The number of benzene rings is 2. The number of carbonyl (C=O) groups excluding carboxylic acids is 2. The Hall–Kier alpha value is -3.85. The fraction of sp³-hybridized carbons (Fsp3) is 0.346. The monoisotopic (exact) mass is 477 g/mol. The van der Waals surface area contributed by atoms with E-state index in [1.165, 1.54) is 0 Å². The second-order valence-corrected chi connectivity index (χ2v) is 8.72. The van der Waals surface area contributed by atoms with Crippen molar-refractivity contribution >= 4 is 34.9 Å². The minimum absolute atomic E-state index is 0.0842. The van der Waals surface area contributed by atoms with Gasteiger partial charge in [-0.1, -0.05) is 48.9 Å². The number of para-hydroxylation sites is 1. The third-order valence-electron chi connectivity index (χ3n) is 5.91. The Balaban J connectivity index is 1.51. The van der Waals surface area contributed by atoms with Crippen molar-refractivity contribution in [1.82, 2.24) is 5.32 Å². The van der Waals surface area contributed by atoms with E-state index in [1.807, 2.05) is 6.07 Å². The molecule has 7 N–H and O–H groups in total. The molecule has 0 saturated carbocycles. The number of carboxylic acid groups (broad SMARTS) is 1. The van der Waals surface area contributed by atoms with Gasteiger partial charge in [0.15, 0.2) is 0 Å². The second-order valence-electron chi connectivity index (χ2n) is 8.72. The summed E-state index contributed by atoms with van der Waals surface area (Å²) in [6.45, 7) is 0. The summed E-state index contributed by atoms with van der Waals surface area (Å²) in [6, 6.07) is 12.4. The quantitative estimate of drug-likeness (QED) is 0.168. The molecule has 0 fully saturated rings. The molecule has 1 aliphatic heterocycles. The number of nitrogens with one attached hydrogen (secondary N) is 2. The van der Waals surface area contributed by atoms with Gasteiger partial charge in [0.2, 0.25) is 0 Å². The highest BCUT2D eigenvalue weighted by Crippen LogP contribution is 2.32. The van der Waals surface area contributed by atoms with Crippen molar-refractivity contribution in [3.05, 3.63) is 65.2 Å². The molecule has 2 aromatic rings. The first-order valence-corrected chi connectivity index (χ1v) is 11.6. The van der Waals surface area contributed by atoms with E-state index in [0.717, 1.165) is 36.0 Å². The number of unbranched alkanes of at least 4 members (excludes halogenated alkanes) is 2. The summed E-state index contributed by atoms with van der Waals surface area (Å²) >= 11 is 0. The topological polar surface area (TPSA) is 172 Å². The standard InChI is InChI=1S/C26H31N5O4/c27-22(28)9-3-1-2-6-18(32)14-16-10-12-17(13-11-16)15-21(26(34)35)31-25(33)24-23(29)19-7-4-5-8-20(19)30-24/h4-5,7-8,10-13,21,23H,1-3,6,9,14-15,29H2,(H3,27,28)(H,31,33)(H,34,35)/t21-,23?/m0/s1. The van der Waals surface area contributed by atoms with Crippen LogP contribution < -0.4 is 16.8 Å². The zero-order valence-corrected chi connectivity index (χ0v) is 19.5. The van der Waals surface area contributed by atoms with Gasteiger partial charge in [0.25, 0.3) is 5.91 Å². The summed E-state index contributed by atoms with van der Waals surface area (Å²) in [5, 5.41) is 19.4. The van der Waals surface area contributed by atoms with E-state index in [4.69, 9.17) is 16.9 Å². The normalized spacial score (nSPS) is 15.1. The van der Waals surface area contributed by atoms with Crippen molar-refractivity contribution in [3.8, 4) is 0 Å². The highest BCUT2D eigenvalue weighted by atomic mass is 16.4. The number of amidine groups is 1. The van der Waals surface area contributed by atoms with Gasteiger partial charge >= 0.3 is 5.97 Å². The lowest BCUT2D eigenvalue weighted by molar-refractivity contribution is -0.141. The Labute approximate surface area is 204 Å². The predicted molar refractivity (Wildman–Crippen MR) is 134 cm³/mol. The van der Waals surface area contributed by atoms with Gasteiger partial charge in [-0.05, 0) is 30.0 Å². The average Bonchev–Trinajstić information content (AvgIpc) is 3.16. The number of carboxylic acids is 1. The number of ketones is 1. The molecule has 35 heavy (non-hydrogen) atoms. The number of hydrogen-bond acceptors (Lipinski definition) is 6. The molecule has 0 aromatic heterocycles. The summed E-state index contributed by atoms with van der Waals surface area (Å²) < 4.78 is 0. The minimum Gasteiger partial charge on any atom is -0.480 e. The molecule has 0 radical (unpaired) electrons. The summed E-state index contributed by atoms with van der Waals surface area (Å²) in [5.41, 5.74) is 14.5. The fourth-order valence-corrected chi connectivity index (χ4v) is 3.98. The highest BCUT2D eigenvalue weighted by molar-refractivity contribution is 6.42. The first-order valence-electron chi connectivity index (χ1n) is 11.6. The van der Waals surface area contributed by atoms with Gasteiger partial charge in [-0.3, -0.25) is 15.0 Å². The molecular weight excluding hydrogens is 446 g/mol. The second kappa shape index (κ2) is 12.0. The van der Waals surface area contributed by atoms with Crippen LogP contribution in [0.3, 0.4) is 0 Å². The Kier molecular flexibility index (Phi) is 8.86. The maximum atomic E-state index is 12.7. The smallest absolute Gasteiger partial charge is 0.326 e. The van der Waals surface area contributed by atoms with Gasteiger partial charge in [-0.25, -0.2) is 9.79 Å². The van der Waals surface area contributed by atoms with Crippen LogP contribution >= 0.6 is 0 Å². The number of aliphatic carboxylic acids is 1. The lowest BCUT2D eigenvalue weighted by atomic mass is 10.00. The van der Waals surface area contributed by atoms with Gasteiger partial charge in [-0.15, -0.1) is 0 Å². The van der Waals surface area contributed by atoms with E-state index in [9.17, 15) is 19.5 Å². The third kappa shape index (κ3) is 7.31. The van der Waals surface area contributed by atoms with E-state index in [1.54, 1.807) is 42.5 Å². The van der Waals surface area contributed by atoms with E-state index in [0.29, 0.717) is 24.9 Å². The molecule has 1 unspecified atom stereocenters. The number of hydrogen-bond donors (Lipinski definition) is 5. The molecule has 3 rings (SSSR count). The number of nitrogens with zero attached hydrogens (tertiary/aromatic N) is 1. The predicted octanol–water partition coefficient (Wildman–Crippen LogP) is 2.58. The zero-order chi connectivity index (χ0) is 25.4. The van der Waals surface area contributed by atoms with Crippen LogP contribution in [-0.4, -0.2) is 40.4 Å². The molecular formula is C26H31N5O4. The van der Waals surface area contributed by atoms with Crippen LogP contribution in [0.4, 0.5) is 5.69 Å². The van der Waals surface area contributed by atoms with Crippen LogP contribution in [0.25, 0.3) is 0 Å². The van der Waals surface area contributed by atoms with Crippen LogP contribution in [0.5, 0.6) is 0 Å². The molecule has 184 valence electrons. The van der Waals surface area contributed by atoms with Crippen molar-refractivity contribution in [2.24, 2.45) is 16.5 Å². The first-order chi connectivity index (χ1) is 16.7. The van der Waals surface area contributed by atoms with Crippen molar-refractivity contribution in [2.75, 3.05) is 0 Å². The number of Topliss-reactive ketones (excluding diaryl/α,β-unsaturated/α-hetero) is 1. The largest absolute Gasteiger partial charge is 0.480 e. The van der Waals surface area contributed by atoms with Crippen LogP contribution in [-0.2, 0) is 27.2 Å². The van der Waals surface area contributed by atoms with E-state index < -0.39 is 24.0 Å². The van der Waals surface area contributed by atoms with Crippen molar-refractivity contribution < 1.29 is 19.5 Å². The molecule has 1 amide bonds. The number of nitrogens with two attached hydrogens (primary N) is 2. The Bertz CT molecular complexity index is 1130. The van der Waals surface area contributed by atoms with Gasteiger partial charge < -0.3 is 21.9 Å². The number of aliphatic imine (C=N–C) groups is 1. The summed E-state index contributed by atoms with van der Waals surface area (Å²) in [7, 11) is 0. The van der Waals surface area contributed by atoms with E-state index in [2.05, 4.69) is 10.3 Å². The average molecular weight is 478 g/mol. The maximum absolute atomic E-state index is 12.7. The van der Waals surface area contributed by atoms with Crippen LogP contribution in [0.2, 0.25) is 0 Å². The summed E-state index contributed by atoms with van der Waals surface area (Å²) in [4.78, 5) is 41.0. The molecule has 0 spiro atoms. The van der Waals surface area contributed by atoms with Crippen molar-refractivity contribution in [3.63, 3.8) is 0 Å². The minimum atomic E-state index is -1.16. The SMILES string of the molecule is N=C(N)CCCCCC(=O)Cc1ccc(C[C@H](NC(=O)C2=Nc3ccccc3C2N)C(=O)O)cc1. The molecule has 2 atom stereocenters. The summed E-state index contributed by atoms with van der Waals surface area (Å²) in [6.07, 6.45) is 3.86. The first kappa shape index (κ1) is 25.8. The van der Waals surface area contributed by atoms with Gasteiger partial charge in [0, 0.05) is 31.2 Å². The molecule has 1 heterocycles. The molecule has 1 aliphatic rings. The Morgan fingerprint density at radius 2 is 1.66 bits per heavy atom. The Morgan fingerprint density at radius 1 is 1.00 bits per heavy atom. The highest BCUT2D eigenvalue weighted by Gasteiger charge is 2.31. The van der Waals surface area contributed by atoms with Crippen LogP contribution in [0.15, 0.2) is 53.5 Å². The summed E-state index contributed by atoms with van der Waals surface area (Å²) in [5.74, 6) is -1.47. The van der Waals surface area contributed by atoms with E-state index >= 15 is 0 Å². The third-order valence-corrected chi connectivity index (χ3v) is 5.91. The fourth-order valence-electron chi connectivity index (χ4n) is 3.98. The molecule has 0 aliphatic carbocycles.